The van der Waals surface area contributed by atoms with Gasteiger partial charge in [0.2, 0.25) is 0 Å². The Bertz CT molecular complexity index is 497. The van der Waals surface area contributed by atoms with Gasteiger partial charge in [-0.1, -0.05) is 6.07 Å². The van der Waals surface area contributed by atoms with Gasteiger partial charge in [0.05, 0.1) is 10.5 Å². The van der Waals surface area contributed by atoms with E-state index in [0.29, 0.717) is 9.71 Å². The average Bonchev–Trinajstić information content (AvgIpc) is 2.47. The van der Waals surface area contributed by atoms with E-state index in [1.54, 1.807) is 12.1 Å². The lowest BCUT2D eigenvalue weighted by atomic mass is 10.3. The number of benzene rings is 1. The van der Waals surface area contributed by atoms with Crippen LogP contribution in [0.2, 0.25) is 0 Å². The molecule has 0 aliphatic rings. The summed E-state index contributed by atoms with van der Waals surface area (Å²) in [6, 6.07) is 4.60. The fourth-order valence-corrected chi connectivity index (χ4v) is 2.69. The maximum atomic E-state index is 13.1. The third-order valence-electron chi connectivity index (χ3n) is 1.66. The molecule has 14 heavy (non-hydrogen) atoms. The Balaban J connectivity index is 2.51. The highest BCUT2D eigenvalue weighted by molar-refractivity contribution is 7.78. The van der Waals surface area contributed by atoms with Crippen LogP contribution >= 0.6 is 11.3 Å². The van der Waals surface area contributed by atoms with Crippen LogP contribution in [0.1, 0.15) is 5.01 Å². The first kappa shape index (κ1) is 9.70. The van der Waals surface area contributed by atoms with E-state index < -0.39 is 16.9 Å². The molecule has 0 N–H and O–H groups in total. The molecule has 0 bridgehead atoms. The standard InChI is InChI=1S/C8H6FNO2S2/c9-5-2-1-3-6-8(5)10-7(13-6)4-14(11)12/h1-3H,4H2,(H,11,12)/p-1. The molecule has 1 unspecified atom stereocenters. The number of aromatic nitrogens is 1. The molecule has 74 valence electrons. The second-order valence-corrected chi connectivity index (χ2v) is 4.65. The van der Waals surface area contributed by atoms with Crippen molar-refractivity contribution in [3.05, 3.63) is 29.0 Å². The monoisotopic (exact) mass is 230 g/mol. The minimum Gasteiger partial charge on any atom is -0.772 e. The quantitative estimate of drug-likeness (QED) is 0.739. The van der Waals surface area contributed by atoms with E-state index in [4.69, 9.17) is 0 Å². The van der Waals surface area contributed by atoms with E-state index in [9.17, 15) is 13.2 Å². The van der Waals surface area contributed by atoms with E-state index in [2.05, 4.69) is 4.98 Å². The van der Waals surface area contributed by atoms with Crippen LogP contribution < -0.4 is 0 Å². The summed E-state index contributed by atoms with van der Waals surface area (Å²) in [4.78, 5) is 3.90. The van der Waals surface area contributed by atoms with Crippen molar-refractivity contribution < 1.29 is 13.2 Å². The highest BCUT2D eigenvalue weighted by atomic mass is 32.2. The molecule has 1 heterocycles. The van der Waals surface area contributed by atoms with Crippen LogP contribution in [-0.2, 0) is 16.8 Å². The molecule has 0 fully saturated rings. The van der Waals surface area contributed by atoms with Gasteiger partial charge in [0.15, 0.2) is 0 Å². The molecule has 1 atom stereocenters. The summed E-state index contributed by atoms with van der Waals surface area (Å²) in [6.45, 7) is 0. The number of halogens is 1. The summed E-state index contributed by atoms with van der Waals surface area (Å²) in [5.74, 6) is -0.569. The fourth-order valence-electron chi connectivity index (χ4n) is 1.12. The van der Waals surface area contributed by atoms with Gasteiger partial charge in [-0.05, 0) is 23.2 Å². The van der Waals surface area contributed by atoms with Gasteiger partial charge < -0.3 is 4.55 Å². The van der Waals surface area contributed by atoms with Crippen molar-refractivity contribution in [1.82, 2.24) is 4.98 Å². The summed E-state index contributed by atoms with van der Waals surface area (Å²) in [5.41, 5.74) is 0.248. The smallest absolute Gasteiger partial charge is 0.150 e. The summed E-state index contributed by atoms with van der Waals surface area (Å²) in [5, 5.41) is 0.415. The lowest BCUT2D eigenvalue weighted by molar-refractivity contribution is 0.536. The van der Waals surface area contributed by atoms with E-state index in [-0.39, 0.29) is 11.3 Å². The van der Waals surface area contributed by atoms with Gasteiger partial charge in [0.25, 0.3) is 0 Å². The van der Waals surface area contributed by atoms with Crippen LogP contribution in [0.5, 0.6) is 0 Å². The minimum absolute atomic E-state index is 0.154. The van der Waals surface area contributed by atoms with Crippen LogP contribution in [0.15, 0.2) is 18.2 Å². The molecule has 0 radical (unpaired) electrons. The largest absolute Gasteiger partial charge is 0.772 e. The van der Waals surface area contributed by atoms with Crippen LogP contribution in [0.3, 0.4) is 0 Å². The third kappa shape index (κ3) is 1.82. The zero-order chi connectivity index (χ0) is 10.1. The third-order valence-corrected chi connectivity index (χ3v) is 3.37. The van der Waals surface area contributed by atoms with Gasteiger partial charge in [0.1, 0.15) is 16.3 Å². The molecular formula is C8H5FNO2S2-. The van der Waals surface area contributed by atoms with Gasteiger partial charge in [-0.25, -0.2) is 9.37 Å². The first-order chi connectivity index (χ1) is 6.66. The Morgan fingerprint density at radius 2 is 2.36 bits per heavy atom. The number of hydrogen-bond acceptors (Lipinski definition) is 4. The SMILES string of the molecule is O=S([O-])Cc1nc2c(F)cccc2s1. The maximum absolute atomic E-state index is 13.1. The van der Waals surface area contributed by atoms with Crippen molar-refractivity contribution in [2.45, 2.75) is 5.75 Å². The summed E-state index contributed by atoms with van der Waals surface area (Å²) >= 11 is -0.979. The van der Waals surface area contributed by atoms with E-state index >= 15 is 0 Å². The average molecular weight is 230 g/mol. The van der Waals surface area contributed by atoms with Crippen LogP contribution in [0.25, 0.3) is 10.2 Å². The number of thiazole rings is 1. The van der Waals surface area contributed by atoms with E-state index in [0.717, 1.165) is 0 Å². The molecule has 0 amide bonds. The van der Waals surface area contributed by atoms with Gasteiger partial charge in [-0.15, -0.1) is 11.3 Å². The minimum atomic E-state index is -2.17. The highest BCUT2D eigenvalue weighted by Crippen LogP contribution is 2.24. The van der Waals surface area contributed by atoms with Crippen molar-refractivity contribution in [2.24, 2.45) is 0 Å². The number of para-hydroxylation sites is 1. The molecule has 0 aliphatic carbocycles. The van der Waals surface area contributed by atoms with Crippen LogP contribution in [0, 0.1) is 5.82 Å². The maximum Gasteiger partial charge on any atom is 0.150 e. The topological polar surface area (TPSA) is 53.0 Å². The molecule has 0 aliphatic heterocycles. The number of hydrogen-bond donors (Lipinski definition) is 0. The number of rotatable bonds is 2. The molecule has 0 saturated heterocycles. The summed E-state index contributed by atoms with van der Waals surface area (Å²) in [7, 11) is 0. The Labute approximate surface area is 85.9 Å². The highest BCUT2D eigenvalue weighted by Gasteiger charge is 2.07. The molecule has 1 aromatic carbocycles. The summed E-state index contributed by atoms with van der Waals surface area (Å²) < 4.78 is 34.6. The van der Waals surface area contributed by atoms with Crippen molar-refractivity contribution in [3.63, 3.8) is 0 Å². The normalized spacial score (nSPS) is 13.3. The zero-order valence-electron chi connectivity index (χ0n) is 6.90. The predicted octanol–water partition coefficient (Wildman–Crippen LogP) is 1.81. The first-order valence-electron chi connectivity index (χ1n) is 3.76. The molecular weight excluding hydrogens is 225 g/mol. The first-order valence-corrected chi connectivity index (χ1v) is 5.82. The predicted molar refractivity (Wildman–Crippen MR) is 52.2 cm³/mol. The van der Waals surface area contributed by atoms with Crippen LogP contribution in [0.4, 0.5) is 4.39 Å². The second kappa shape index (κ2) is 3.72. The molecule has 3 nitrogen and oxygen atoms in total. The van der Waals surface area contributed by atoms with Crippen molar-refractivity contribution in [1.29, 1.82) is 0 Å². The molecule has 6 heteroatoms. The van der Waals surface area contributed by atoms with Gasteiger partial charge in [0, 0.05) is 0 Å². The van der Waals surface area contributed by atoms with Gasteiger partial charge in [-0.2, -0.15) is 0 Å². The Hall–Kier alpha value is -0.850. The second-order valence-electron chi connectivity index (χ2n) is 2.64. The van der Waals surface area contributed by atoms with Crippen molar-refractivity contribution in [2.75, 3.05) is 0 Å². The van der Waals surface area contributed by atoms with E-state index in [1.807, 2.05) is 0 Å². The molecule has 0 saturated carbocycles. The number of nitrogens with zero attached hydrogens (tertiary/aromatic N) is 1. The van der Waals surface area contributed by atoms with Crippen molar-refractivity contribution in [3.8, 4) is 0 Å². The van der Waals surface area contributed by atoms with E-state index in [1.165, 1.54) is 17.4 Å². The zero-order valence-corrected chi connectivity index (χ0v) is 8.53. The number of fused-ring (bicyclic) bond motifs is 1. The van der Waals surface area contributed by atoms with Crippen LogP contribution in [-0.4, -0.2) is 13.7 Å². The van der Waals surface area contributed by atoms with Gasteiger partial charge in [-0.3, -0.25) is 4.21 Å². The Morgan fingerprint density at radius 1 is 1.57 bits per heavy atom. The fraction of sp³-hybridized carbons (Fsp3) is 0.125. The molecule has 2 rings (SSSR count). The summed E-state index contributed by atoms with van der Waals surface area (Å²) in [6.07, 6.45) is 0. The Kier molecular flexibility index (Phi) is 2.58. The van der Waals surface area contributed by atoms with Gasteiger partial charge >= 0.3 is 0 Å². The molecule has 0 spiro atoms. The molecule has 1 aromatic heterocycles. The lowest BCUT2D eigenvalue weighted by Gasteiger charge is -1.98. The lowest BCUT2D eigenvalue weighted by Crippen LogP contribution is -1.91. The Morgan fingerprint density at radius 3 is 3.00 bits per heavy atom. The van der Waals surface area contributed by atoms with Crippen molar-refractivity contribution >= 4 is 32.6 Å². The molecule has 2 aromatic rings.